The zero-order chi connectivity index (χ0) is 10.7. The minimum absolute atomic E-state index is 0.0496. The van der Waals surface area contributed by atoms with Gasteiger partial charge in [-0.25, -0.2) is 0 Å². The molecule has 0 radical (unpaired) electrons. The standard InChI is InChI=1S/C10H17N3OS/c1-10(5-3-7-15-10)9-13-12-8(14-9)4-2-6-11/h2-7,11H2,1H3. The van der Waals surface area contributed by atoms with Crippen LogP contribution in [0, 0.1) is 0 Å². The van der Waals surface area contributed by atoms with Crippen LogP contribution >= 0.6 is 11.8 Å². The van der Waals surface area contributed by atoms with Crippen molar-refractivity contribution < 1.29 is 4.42 Å². The van der Waals surface area contributed by atoms with Crippen molar-refractivity contribution >= 4 is 11.8 Å². The van der Waals surface area contributed by atoms with Crippen molar-refractivity contribution in [3.8, 4) is 0 Å². The summed E-state index contributed by atoms with van der Waals surface area (Å²) in [6, 6.07) is 0. The van der Waals surface area contributed by atoms with Crippen molar-refractivity contribution in [2.24, 2.45) is 5.73 Å². The van der Waals surface area contributed by atoms with Gasteiger partial charge in [0.1, 0.15) is 0 Å². The molecule has 2 N–H and O–H groups in total. The summed E-state index contributed by atoms with van der Waals surface area (Å²) in [5.74, 6) is 2.71. The molecule has 0 amide bonds. The first-order valence-electron chi connectivity index (χ1n) is 5.41. The fourth-order valence-corrected chi connectivity index (χ4v) is 3.00. The second kappa shape index (κ2) is 4.53. The summed E-state index contributed by atoms with van der Waals surface area (Å²) in [4.78, 5) is 0. The smallest absolute Gasteiger partial charge is 0.232 e. The molecule has 0 spiro atoms. The Balaban J connectivity index is 2.05. The Labute approximate surface area is 94.0 Å². The van der Waals surface area contributed by atoms with E-state index in [-0.39, 0.29) is 4.75 Å². The number of aromatic nitrogens is 2. The summed E-state index contributed by atoms with van der Waals surface area (Å²) in [5, 5.41) is 8.20. The maximum absolute atomic E-state index is 5.67. The van der Waals surface area contributed by atoms with Gasteiger partial charge < -0.3 is 10.2 Å². The predicted octanol–water partition coefficient (Wildman–Crippen LogP) is 1.70. The van der Waals surface area contributed by atoms with Crippen LogP contribution in [0.15, 0.2) is 4.42 Å². The third kappa shape index (κ3) is 2.34. The zero-order valence-electron chi connectivity index (χ0n) is 9.03. The van der Waals surface area contributed by atoms with E-state index in [1.165, 1.54) is 12.2 Å². The molecule has 0 bridgehead atoms. The Morgan fingerprint density at radius 3 is 3.07 bits per heavy atom. The van der Waals surface area contributed by atoms with Crippen molar-refractivity contribution in [2.45, 2.75) is 37.4 Å². The van der Waals surface area contributed by atoms with Crippen LogP contribution in [0.4, 0.5) is 0 Å². The molecule has 84 valence electrons. The molecule has 0 aliphatic carbocycles. The maximum atomic E-state index is 5.67. The van der Waals surface area contributed by atoms with E-state index in [0.29, 0.717) is 6.54 Å². The lowest BCUT2D eigenvalue weighted by atomic mass is 10.1. The second-order valence-electron chi connectivity index (χ2n) is 4.08. The number of rotatable bonds is 4. The van der Waals surface area contributed by atoms with Gasteiger partial charge in [-0.3, -0.25) is 0 Å². The highest BCUT2D eigenvalue weighted by molar-refractivity contribution is 8.00. The number of thioether (sulfide) groups is 1. The average molecular weight is 227 g/mol. The van der Waals surface area contributed by atoms with Crippen LogP contribution < -0.4 is 5.73 Å². The molecule has 2 rings (SSSR count). The Morgan fingerprint density at radius 1 is 1.53 bits per heavy atom. The monoisotopic (exact) mass is 227 g/mol. The summed E-state index contributed by atoms with van der Waals surface area (Å²) >= 11 is 1.91. The lowest BCUT2D eigenvalue weighted by Crippen LogP contribution is -2.13. The molecule has 1 aromatic heterocycles. The van der Waals surface area contributed by atoms with Crippen LogP contribution in [0.1, 0.15) is 38.0 Å². The first-order chi connectivity index (χ1) is 7.24. The minimum Gasteiger partial charge on any atom is -0.424 e. The maximum Gasteiger partial charge on any atom is 0.232 e. The largest absolute Gasteiger partial charge is 0.424 e. The molecule has 5 heteroatoms. The van der Waals surface area contributed by atoms with Crippen molar-refractivity contribution in [3.05, 3.63) is 11.8 Å². The van der Waals surface area contributed by atoms with E-state index in [1.807, 2.05) is 11.8 Å². The number of hydrogen-bond donors (Lipinski definition) is 1. The Morgan fingerprint density at radius 2 is 2.40 bits per heavy atom. The van der Waals surface area contributed by atoms with Crippen LogP contribution in [0.5, 0.6) is 0 Å². The summed E-state index contributed by atoms with van der Waals surface area (Å²) < 4.78 is 5.72. The Bertz CT molecular complexity index is 320. The molecular formula is C10H17N3OS. The number of nitrogens with two attached hydrogens (primary N) is 1. The molecule has 1 atom stereocenters. The summed E-state index contributed by atoms with van der Waals surface area (Å²) in [6.45, 7) is 2.86. The van der Waals surface area contributed by atoms with E-state index in [1.54, 1.807) is 0 Å². The molecule has 1 aliphatic heterocycles. The van der Waals surface area contributed by atoms with Gasteiger partial charge in [-0.2, -0.15) is 0 Å². The van der Waals surface area contributed by atoms with E-state index >= 15 is 0 Å². The predicted molar refractivity (Wildman–Crippen MR) is 60.7 cm³/mol. The fourth-order valence-electron chi connectivity index (χ4n) is 1.77. The SMILES string of the molecule is CC1(c2nnc(CCCN)o2)CCCS1. The molecule has 4 nitrogen and oxygen atoms in total. The van der Waals surface area contributed by atoms with Crippen LogP contribution in [0.3, 0.4) is 0 Å². The molecule has 2 heterocycles. The van der Waals surface area contributed by atoms with Gasteiger partial charge in [0.2, 0.25) is 11.8 Å². The van der Waals surface area contributed by atoms with E-state index in [2.05, 4.69) is 17.1 Å². The van der Waals surface area contributed by atoms with E-state index < -0.39 is 0 Å². The van der Waals surface area contributed by atoms with Gasteiger partial charge in [0.15, 0.2) is 0 Å². The van der Waals surface area contributed by atoms with E-state index in [0.717, 1.165) is 31.0 Å². The normalized spacial score (nSPS) is 26.0. The van der Waals surface area contributed by atoms with Crippen LogP contribution in [-0.2, 0) is 11.2 Å². The van der Waals surface area contributed by atoms with Crippen LogP contribution in [0.25, 0.3) is 0 Å². The lowest BCUT2D eigenvalue weighted by molar-refractivity contribution is 0.399. The average Bonchev–Trinajstić information content (AvgIpc) is 2.84. The highest BCUT2D eigenvalue weighted by Gasteiger charge is 2.36. The van der Waals surface area contributed by atoms with Gasteiger partial charge in [-0.15, -0.1) is 22.0 Å². The topological polar surface area (TPSA) is 64.9 Å². The van der Waals surface area contributed by atoms with Crippen molar-refractivity contribution in [1.82, 2.24) is 10.2 Å². The molecule has 1 aromatic rings. The molecule has 0 aromatic carbocycles. The highest BCUT2D eigenvalue weighted by atomic mass is 32.2. The van der Waals surface area contributed by atoms with Gasteiger partial charge in [0.25, 0.3) is 0 Å². The second-order valence-corrected chi connectivity index (χ2v) is 5.67. The van der Waals surface area contributed by atoms with Gasteiger partial charge in [0, 0.05) is 6.42 Å². The molecule has 1 aliphatic rings. The number of nitrogens with zero attached hydrogens (tertiary/aromatic N) is 2. The molecule has 15 heavy (non-hydrogen) atoms. The Kier molecular flexibility index (Phi) is 3.31. The summed E-state index contributed by atoms with van der Waals surface area (Å²) in [5.41, 5.74) is 5.44. The summed E-state index contributed by atoms with van der Waals surface area (Å²) in [6.07, 6.45) is 4.08. The summed E-state index contributed by atoms with van der Waals surface area (Å²) in [7, 11) is 0. The number of aryl methyl sites for hydroxylation is 1. The third-order valence-corrected chi connectivity index (χ3v) is 4.24. The molecule has 1 fully saturated rings. The molecular weight excluding hydrogens is 210 g/mol. The van der Waals surface area contributed by atoms with Crippen molar-refractivity contribution in [1.29, 1.82) is 0 Å². The van der Waals surface area contributed by atoms with Crippen molar-refractivity contribution in [3.63, 3.8) is 0 Å². The molecule has 0 saturated carbocycles. The zero-order valence-corrected chi connectivity index (χ0v) is 9.85. The van der Waals surface area contributed by atoms with Gasteiger partial charge >= 0.3 is 0 Å². The molecule has 1 saturated heterocycles. The number of hydrogen-bond acceptors (Lipinski definition) is 5. The highest BCUT2D eigenvalue weighted by Crippen LogP contribution is 2.45. The minimum atomic E-state index is 0.0496. The Hall–Kier alpha value is -0.550. The quantitative estimate of drug-likeness (QED) is 0.848. The van der Waals surface area contributed by atoms with E-state index in [4.69, 9.17) is 10.2 Å². The molecule has 1 unspecified atom stereocenters. The van der Waals surface area contributed by atoms with Gasteiger partial charge in [-0.1, -0.05) is 0 Å². The van der Waals surface area contributed by atoms with Gasteiger partial charge in [0.05, 0.1) is 4.75 Å². The van der Waals surface area contributed by atoms with Crippen molar-refractivity contribution in [2.75, 3.05) is 12.3 Å². The van der Waals surface area contributed by atoms with E-state index in [9.17, 15) is 0 Å². The van der Waals surface area contributed by atoms with Crippen LogP contribution in [-0.4, -0.2) is 22.5 Å². The fraction of sp³-hybridized carbons (Fsp3) is 0.800. The lowest BCUT2D eigenvalue weighted by Gasteiger charge is -2.16. The third-order valence-electron chi connectivity index (χ3n) is 2.73. The first kappa shape index (κ1) is 11.0. The van der Waals surface area contributed by atoms with Gasteiger partial charge in [-0.05, 0) is 38.5 Å². The van der Waals surface area contributed by atoms with Crippen LogP contribution in [0.2, 0.25) is 0 Å². The first-order valence-corrected chi connectivity index (χ1v) is 6.40.